The van der Waals surface area contributed by atoms with E-state index in [9.17, 15) is 9.90 Å². The maximum absolute atomic E-state index is 12.1. The highest BCUT2D eigenvalue weighted by atomic mass is 16.3. The van der Waals surface area contributed by atoms with Crippen molar-refractivity contribution < 1.29 is 9.90 Å². The van der Waals surface area contributed by atoms with E-state index < -0.39 is 6.10 Å². The van der Waals surface area contributed by atoms with Gasteiger partial charge in [0.05, 0.1) is 18.3 Å². The van der Waals surface area contributed by atoms with Gasteiger partial charge in [-0.05, 0) is 32.9 Å². The number of aliphatic hydroxyl groups excluding tert-OH is 1. The molecular weight excluding hydrogens is 246 g/mol. The number of nitrogens with one attached hydrogen (secondary N) is 1. The summed E-state index contributed by atoms with van der Waals surface area (Å²) in [5, 5.41) is 20.6. The summed E-state index contributed by atoms with van der Waals surface area (Å²) in [5.41, 5.74) is 0.335. The van der Waals surface area contributed by atoms with Crippen LogP contribution in [0.5, 0.6) is 0 Å². The summed E-state index contributed by atoms with van der Waals surface area (Å²) in [5.74, 6) is -0.207. The minimum absolute atomic E-state index is 0.207. The lowest BCUT2D eigenvalue weighted by Crippen LogP contribution is -2.33. The van der Waals surface area contributed by atoms with Gasteiger partial charge in [-0.15, -0.1) is 5.10 Å². The van der Waals surface area contributed by atoms with Crippen LogP contribution in [0.1, 0.15) is 36.3 Å². The summed E-state index contributed by atoms with van der Waals surface area (Å²) in [6, 6.07) is 0.317. The molecule has 0 aromatic carbocycles. The lowest BCUT2D eigenvalue weighted by molar-refractivity contribution is 0.0698. The van der Waals surface area contributed by atoms with E-state index in [-0.39, 0.29) is 5.91 Å². The van der Waals surface area contributed by atoms with Crippen molar-refractivity contribution in [3.63, 3.8) is 0 Å². The second-order valence-electron chi connectivity index (χ2n) is 5.10. The van der Waals surface area contributed by atoms with Crippen molar-refractivity contribution in [2.75, 3.05) is 26.7 Å². The van der Waals surface area contributed by atoms with Crippen molar-refractivity contribution >= 4 is 5.91 Å². The molecule has 106 valence electrons. The number of carbonyl (C=O) groups excluding carboxylic acids is 1. The highest BCUT2D eigenvalue weighted by molar-refractivity contribution is 5.91. The van der Waals surface area contributed by atoms with Crippen LogP contribution in [0.2, 0.25) is 0 Å². The molecule has 2 N–H and O–H groups in total. The van der Waals surface area contributed by atoms with Crippen LogP contribution in [0.3, 0.4) is 0 Å². The number of aromatic nitrogens is 3. The zero-order chi connectivity index (χ0) is 13.8. The number of hydrogen-bond donors (Lipinski definition) is 2. The normalized spacial score (nSPS) is 18.3. The lowest BCUT2D eigenvalue weighted by atomic mass is 10.1. The first-order valence-electron chi connectivity index (χ1n) is 6.64. The van der Waals surface area contributed by atoms with Crippen LogP contribution >= 0.6 is 0 Å². The summed E-state index contributed by atoms with van der Waals surface area (Å²) in [6.45, 7) is 3.88. The van der Waals surface area contributed by atoms with Crippen molar-refractivity contribution in [2.45, 2.75) is 31.9 Å². The Kier molecular flexibility index (Phi) is 4.49. The van der Waals surface area contributed by atoms with Crippen LogP contribution in [-0.4, -0.2) is 63.7 Å². The van der Waals surface area contributed by atoms with Gasteiger partial charge in [0.25, 0.3) is 5.91 Å². The molecule has 7 heteroatoms. The van der Waals surface area contributed by atoms with Gasteiger partial charge in [-0.1, -0.05) is 5.21 Å². The van der Waals surface area contributed by atoms with Gasteiger partial charge in [-0.25, -0.2) is 4.68 Å². The number of rotatable bonds is 4. The fourth-order valence-corrected chi connectivity index (χ4v) is 2.30. The Balaban J connectivity index is 2.01. The summed E-state index contributed by atoms with van der Waals surface area (Å²) >= 11 is 0. The summed E-state index contributed by atoms with van der Waals surface area (Å²) in [4.78, 5) is 13.5. The molecule has 7 nitrogen and oxygen atoms in total. The maximum Gasteiger partial charge on any atom is 0.275 e. The van der Waals surface area contributed by atoms with E-state index in [1.165, 1.54) is 4.90 Å². The number of aliphatic hydroxyl groups is 1. The molecule has 1 aliphatic rings. The topological polar surface area (TPSA) is 83.3 Å². The number of nitrogens with zero attached hydrogens (tertiary/aromatic N) is 4. The summed E-state index contributed by atoms with van der Waals surface area (Å²) in [7, 11) is 1.65. The van der Waals surface area contributed by atoms with Crippen molar-refractivity contribution in [3.05, 3.63) is 11.9 Å². The van der Waals surface area contributed by atoms with Crippen LogP contribution in [0, 0.1) is 0 Å². The molecule has 0 aliphatic carbocycles. The van der Waals surface area contributed by atoms with Crippen LogP contribution in [0.25, 0.3) is 0 Å². The average Bonchev–Trinajstić information content (AvgIpc) is 2.87. The SMILES string of the molecule is CC(O)CN(C)C(=O)c1cn(C2CCNCC2)nn1. The van der Waals surface area contributed by atoms with Gasteiger partial charge < -0.3 is 15.3 Å². The van der Waals surface area contributed by atoms with Gasteiger partial charge in [-0.3, -0.25) is 4.79 Å². The highest BCUT2D eigenvalue weighted by Crippen LogP contribution is 2.17. The zero-order valence-corrected chi connectivity index (χ0v) is 11.4. The molecular formula is C12H21N5O2. The molecule has 1 saturated heterocycles. The van der Waals surface area contributed by atoms with Crippen LogP contribution in [0.15, 0.2) is 6.20 Å². The van der Waals surface area contributed by atoms with Gasteiger partial charge in [0.15, 0.2) is 5.69 Å². The van der Waals surface area contributed by atoms with Crippen LogP contribution < -0.4 is 5.32 Å². The van der Waals surface area contributed by atoms with Crippen molar-refractivity contribution in [3.8, 4) is 0 Å². The lowest BCUT2D eigenvalue weighted by Gasteiger charge is -2.22. The molecule has 0 radical (unpaired) electrons. The molecule has 1 aromatic heterocycles. The molecule has 19 heavy (non-hydrogen) atoms. The molecule has 1 aromatic rings. The third-order valence-electron chi connectivity index (χ3n) is 3.30. The molecule has 0 spiro atoms. The van der Waals surface area contributed by atoms with E-state index in [1.54, 1.807) is 24.9 Å². The number of likely N-dealkylation sites (N-methyl/N-ethyl adjacent to an activating group) is 1. The number of carbonyl (C=O) groups is 1. The Bertz CT molecular complexity index is 426. The van der Waals surface area contributed by atoms with Crippen molar-refractivity contribution in [2.24, 2.45) is 0 Å². The van der Waals surface area contributed by atoms with E-state index in [0.29, 0.717) is 18.3 Å². The van der Waals surface area contributed by atoms with E-state index in [4.69, 9.17) is 0 Å². The third kappa shape index (κ3) is 3.51. The molecule has 1 fully saturated rings. The fraction of sp³-hybridized carbons (Fsp3) is 0.750. The van der Waals surface area contributed by atoms with Gasteiger partial charge in [0.1, 0.15) is 0 Å². The largest absolute Gasteiger partial charge is 0.392 e. The van der Waals surface area contributed by atoms with Gasteiger partial charge in [-0.2, -0.15) is 0 Å². The maximum atomic E-state index is 12.1. The predicted molar refractivity (Wildman–Crippen MR) is 69.8 cm³/mol. The molecule has 1 aliphatic heterocycles. The Morgan fingerprint density at radius 3 is 2.95 bits per heavy atom. The Morgan fingerprint density at radius 1 is 1.63 bits per heavy atom. The van der Waals surface area contributed by atoms with Crippen molar-refractivity contribution in [1.29, 1.82) is 0 Å². The second-order valence-corrected chi connectivity index (χ2v) is 5.10. The molecule has 1 unspecified atom stereocenters. The zero-order valence-electron chi connectivity index (χ0n) is 11.4. The second kappa shape index (κ2) is 6.12. The Hall–Kier alpha value is -1.47. The fourth-order valence-electron chi connectivity index (χ4n) is 2.30. The van der Waals surface area contributed by atoms with Gasteiger partial charge >= 0.3 is 0 Å². The molecule has 2 rings (SSSR count). The minimum Gasteiger partial charge on any atom is -0.392 e. The minimum atomic E-state index is -0.548. The quantitative estimate of drug-likeness (QED) is 0.779. The number of amides is 1. The first-order valence-corrected chi connectivity index (χ1v) is 6.64. The Morgan fingerprint density at radius 2 is 2.32 bits per heavy atom. The smallest absolute Gasteiger partial charge is 0.275 e. The third-order valence-corrected chi connectivity index (χ3v) is 3.30. The molecule has 0 saturated carbocycles. The van der Waals surface area contributed by atoms with E-state index in [2.05, 4.69) is 15.6 Å². The summed E-state index contributed by atoms with van der Waals surface area (Å²) in [6.07, 6.45) is 3.16. The van der Waals surface area contributed by atoms with Crippen molar-refractivity contribution in [1.82, 2.24) is 25.2 Å². The summed E-state index contributed by atoms with van der Waals surface area (Å²) < 4.78 is 1.78. The predicted octanol–water partition coefficient (Wildman–Crippen LogP) is -0.345. The van der Waals surface area contributed by atoms with Crippen LogP contribution in [0.4, 0.5) is 0 Å². The van der Waals surface area contributed by atoms with Gasteiger partial charge in [0, 0.05) is 13.6 Å². The van der Waals surface area contributed by atoms with E-state index in [0.717, 1.165) is 25.9 Å². The van der Waals surface area contributed by atoms with Gasteiger partial charge in [0.2, 0.25) is 0 Å². The number of hydrogen-bond acceptors (Lipinski definition) is 5. The molecule has 1 atom stereocenters. The molecule has 1 amide bonds. The van der Waals surface area contributed by atoms with E-state index in [1.807, 2.05) is 0 Å². The Labute approximate surface area is 112 Å². The first-order chi connectivity index (χ1) is 9.08. The molecule has 0 bridgehead atoms. The average molecular weight is 267 g/mol. The first kappa shape index (κ1) is 14.0. The van der Waals surface area contributed by atoms with E-state index >= 15 is 0 Å². The number of piperidine rings is 1. The highest BCUT2D eigenvalue weighted by Gasteiger charge is 2.20. The standard InChI is InChI=1S/C12H21N5O2/c1-9(18)7-16(2)12(19)11-8-17(15-14-11)10-3-5-13-6-4-10/h8-10,13,18H,3-7H2,1-2H3. The van der Waals surface area contributed by atoms with Crippen LogP contribution in [-0.2, 0) is 0 Å². The monoisotopic (exact) mass is 267 g/mol. The molecule has 2 heterocycles.